The normalized spacial score (nSPS) is 11.2. The van der Waals surface area contributed by atoms with Gasteiger partial charge in [0.1, 0.15) is 5.58 Å². The second kappa shape index (κ2) is 4.27. The van der Waals surface area contributed by atoms with Gasteiger partial charge in [-0.25, -0.2) is 4.79 Å². The highest BCUT2D eigenvalue weighted by Crippen LogP contribution is 2.23. The molecule has 0 amide bonds. The summed E-state index contributed by atoms with van der Waals surface area (Å²) in [7, 11) is 1.64. The summed E-state index contributed by atoms with van der Waals surface area (Å²) in [4.78, 5) is 11.9. The second-order valence-electron chi connectivity index (χ2n) is 4.20. The van der Waals surface area contributed by atoms with Gasteiger partial charge >= 0.3 is 5.63 Å². The SMILES string of the molecule is COCc1ccc2c(c1)oc(=O)c1ccccc12. The fraction of sp³-hybridized carbons (Fsp3) is 0.133. The third kappa shape index (κ3) is 1.69. The molecule has 3 nitrogen and oxygen atoms in total. The molecule has 0 bridgehead atoms. The largest absolute Gasteiger partial charge is 0.422 e. The molecule has 0 radical (unpaired) electrons. The quantitative estimate of drug-likeness (QED) is 0.510. The lowest BCUT2D eigenvalue weighted by Crippen LogP contribution is -1.99. The molecule has 0 aliphatic carbocycles. The number of ether oxygens (including phenoxy) is 1. The number of rotatable bonds is 2. The maximum atomic E-state index is 11.9. The van der Waals surface area contributed by atoms with E-state index < -0.39 is 0 Å². The standard InChI is InChI=1S/C15H12O3/c1-17-9-10-6-7-12-11-4-2-3-5-13(11)15(16)18-14(12)8-10/h2-8H,9H2,1H3. The van der Waals surface area contributed by atoms with E-state index in [0.717, 1.165) is 16.3 Å². The van der Waals surface area contributed by atoms with Gasteiger partial charge < -0.3 is 9.15 Å². The number of hydrogen-bond donors (Lipinski definition) is 0. The lowest BCUT2D eigenvalue weighted by molar-refractivity contribution is 0.185. The summed E-state index contributed by atoms with van der Waals surface area (Å²) in [6.45, 7) is 0.506. The fourth-order valence-electron chi connectivity index (χ4n) is 2.18. The van der Waals surface area contributed by atoms with Gasteiger partial charge in [-0.2, -0.15) is 0 Å². The number of fused-ring (bicyclic) bond motifs is 3. The molecule has 0 unspecified atom stereocenters. The van der Waals surface area contributed by atoms with Crippen molar-refractivity contribution < 1.29 is 9.15 Å². The minimum Gasteiger partial charge on any atom is -0.422 e. The maximum absolute atomic E-state index is 11.9. The Bertz CT molecular complexity index is 771. The highest BCUT2D eigenvalue weighted by molar-refractivity contribution is 6.04. The molecule has 3 rings (SSSR count). The molecule has 2 aromatic carbocycles. The molecule has 0 saturated carbocycles. The molecule has 18 heavy (non-hydrogen) atoms. The van der Waals surface area contributed by atoms with E-state index in [2.05, 4.69) is 0 Å². The van der Waals surface area contributed by atoms with Crippen LogP contribution >= 0.6 is 0 Å². The minimum absolute atomic E-state index is 0.298. The van der Waals surface area contributed by atoms with Crippen molar-refractivity contribution in [2.75, 3.05) is 7.11 Å². The van der Waals surface area contributed by atoms with Crippen molar-refractivity contribution in [1.82, 2.24) is 0 Å². The van der Waals surface area contributed by atoms with Crippen LogP contribution in [0.4, 0.5) is 0 Å². The third-order valence-corrected chi connectivity index (χ3v) is 3.00. The Morgan fingerprint density at radius 1 is 1.06 bits per heavy atom. The Morgan fingerprint density at radius 3 is 2.61 bits per heavy atom. The molecule has 0 aliphatic rings. The number of benzene rings is 2. The Hall–Kier alpha value is -2.13. The summed E-state index contributed by atoms with van der Waals surface area (Å²) >= 11 is 0. The molecule has 3 heteroatoms. The molecule has 90 valence electrons. The molecule has 0 saturated heterocycles. The predicted molar refractivity (Wildman–Crippen MR) is 70.7 cm³/mol. The highest BCUT2D eigenvalue weighted by Gasteiger charge is 2.07. The zero-order chi connectivity index (χ0) is 12.5. The molecule has 1 heterocycles. The molecular formula is C15H12O3. The third-order valence-electron chi connectivity index (χ3n) is 3.00. The zero-order valence-electron chi connectivity index (χ0n) is 9.97. The van der Waals surface area contributed by atoms with Crippen LogP contribution in [0.2, 0.25) is 0 Å². The smallest absolute Gasteiger partial charge is 0.344 e. The number of methoxy groups -OCH3 is 1. The van der Waals surface area contributed by atoms with Gasteiger partial charge in [0.05, 0.1) is 12.0 Å². The van der Waals surface area contributed by atoms with E-state index in [9.17, 15) is 4.79 Å². The van der Waals surface area contributed by atoms with Gasteiger partial charge in [-0.1, -0.05) is 30.3 Å². The first kappa shape index (κ1) is 11.0. The van der Waals surface area contributed by atoms with Crippen LogP contribution in [0.1, 0.15) is 5.56 Å². The van der Waals surface area contributed by atoms with Crippen LogP contribution in [-0.2, 0) is 11.3 Å². The molecule has 0 N–H and O–H groups in total. The minimum atomic E-state index is -0.298. The highest BCUT2D eigenvalue weighted by atomic mass is 16.5. The summed E-state index contributed by atoms with van der Waals surface area (Å²) in [6, 6.07) is 13.3. The van der Waals surface area contributed by atoms with Crippen LogP contribution in [-0.4, -0.2) is 7.11 Å². The first-order valence-corrected chi connectivity index (χ1v) is 5.73. The Morgan fingerprint density at radius 2 is 1.83 bits per heavy atom. The van der Waals surface area contributed by atoms with Gasteiger partial charge in [0.25, 0.3) is 0 Å². The molecule has 3 aromatic rings. The molecule has 0 fully saturated rings. The van der Waals surface area contributed by atoms with Gasteiger partial charge in [-0.3, -0.25) is 0 Å². The number of hydrogen-bond acceptors (Lipinski definition) is 3. The van der Waals surface area contributed by atoms with Gasteiger partial charge in [0.15, 0.2) is 0 Å². The van der Waals surface area contributed by atoms with Gasteiger partial charge in [-0.05, 0) is 23.1 Å². The fourth-order valence-corrected chi connectivity index (χ4v) is 2.18. The monoisotopic (exact) mass is 240 g/mol. The average molecular weight is 240 g/mol. The van der Waals surface area contributed by atoms with Crippen molar-refractivity contribution in [1.29, 1.82) is 0 Å². The van der Waals surface area contributed by atoms with E-state index >= 15 is 0 Å². The van der Waals surface area contributed by atoms with E-state index in [1.807, 2.05) is 36.4 Å². The predicted octanol–water partition coefficient (Wildman–Crippen LogP) is 3.09. The van der Waals surface area contributed by atoms with E-state index in [4.69, 9.17) is 9.15 Å². The van der Waals surface area contributed by atoms with Crippen LogP contribution in [0.15, 0.2) is 51.7 Å². The summed E-state index contributed by atoms with van der Waals surface area (Å²) in [5.41, 5.74) is 1.30. The van der Waals surface area contributed by atoms with Gasteiger partial charge in [0.2, 0.25) is 0 Å². The second-order valence-corrected chi connectivity index (χ2v) is 4.20. The zero-order valence-corrected chi connectivity index (χ0v) is 9.97. The van der Waals surface area contributed by atoms with Crippen LogP contribution < -0.4 is 5.63 Å². The van der Waals surface area contributed by atoms with Crippen molar-refractivity contribution in [3.63, 3.8) is 0 Å². The van der Waals surface area contributed by atoms with E-state index in [1.54, 1.807) is 13.2 Å². The van der Waals surface area contributed by atoms with Crippen LogP contribution in [0, 0.1) is 0 Å². The summed E-state index contributed by atoms with van der Waals surface area (Å²) in [5, 5.41) is 2.49. The Balaban J connectivity index is 2.39. The van der Waals surface area contributed by atoms with Crippen molar-refractivity contribution in [2.24, 2.45) is 0 Å². The van der Waals surface area contributed by atoms with Crippen LogP contribution in [0.5, 0.6) is 0 Å². The lowest BCUT2D eigenvalue weighted by atomic mass is 10.1. The van der Waals surface area contributed by atoms with Gasteiger partial charge in [0, 0.05) is 12.5 Å². The average Bonchev–Trinajstić information content (AvgIpc) is 2.39. The van der Waals surface area contributed by atoms with Crippen molar-refractivity contribution in [3.05, 3.63) is 58.4 Å². The molecule has 1 aromatic heterocycles. The summed E-state index contributed by atoms with van der Waals surface area (Å²) in [5.74, 6) is 0. The van der Waals surface area contributed by atoms with E-state index in [-0.39, 0.29) is 5.63 Å². The molecule has 0 spiro atoms. The lowest BCUT2D eigenvalue weighted by Gasteiger charge is -2.04. The summed E-state index contributed by atoms with van der Waals surface area (Å²) < 4.78 is 10.4. The molecule has 0 atom stereocenters. The van der Waals surface area contributed by atoms with E-state index in [1.165, 1.54) is 0 Å². The van der Waals surface area contributed by atoms with Crippen molar-refractivity contribution in [2.45, 2.75) is 6.61 Å². The Kier molecular flexibility index (Phi) is 2.61. The first-order chi connectivity index (χ1) is 8.79. The van der Waals surface area contributed by atoms with Gasteiger partial charge in [-0.15, -0.1) is 0 Å². The first-order valence-electron chi connectivity index (χ1n) is 5.73. The van der Waals surface area contributed by atoms with Crippen molar-refractivity contribution >= 4 is 21.7 Å². The maximum Gasteiger partial charge on any atom is 0.344 e. The van der Waals surface area contributed by atoms with Crippen molar-refractivity contribution in [3.8, 4) is 0 Å². The topological polar surface area (TPSA) is 39.4 Å². The van der Waals surface area contributed by atoms with E-state index in [0.29, 0.717) is 17.6 Å². The molecular weight excluding hydrogens is 228 g/mol. The summed E-state index contributed by atoms with van der Waals surface area (Å²) in [6.07, 6.45) is 0. The van der Waals surface area contributed by atoms with Crippen LogP contribution in [0.25, 0.3) is 21.7 Å². The van der Waals surface area contributed by atoms with Crippen LogP contribution in [0.3, 0.4) is 0 Å². The Labute approximate surface area is 104 Å². The molecule has 0 aliphatic heterocycles.